The SMILES string of the molecule is O=C1[C@H](Cc2c(Cl)cc(OCc3ccccc3)cc2Cl)CCN1[C@@H]1CCc2n[nH]cc2C1. The highest BCUT2D eigenvalue weighted by Crippen LogP contribution is 2.36. The summed E-state index contributed by atoms with van der Waals surface area (Å²) in [4.78, 5) is 15.3. The summed E-state index contributed by atoms with van der Waals surface area (Å²) in [6, 6.07) is 13.8. The summed E-state index contributed by atoms with van der Waals surface area (Å²) < 4.78 is 5.87. The number of hydrogen-bond acceptors (Lipinski definition) is 3. The fraction of sp³-hybridized carbons (Fsp3) is 0.360. The Morgan fingerprint density at radius 1 is 1.12 bits per heavy atom. The first-order chi connectivity index (χ1) is 15.6. The molecule has 1 aromatic heterocycles. The quantitative estimate of drug-likeness (QED) is 0.536. The number of carbonyl (C=O) groups is 1. The van der Waals surface area contributed by atoms with Crippen LogP contribution in [-0.2, 0) is 30.7 Å². The van der Waals surface area contributed by atoms with Gasteiger partial charge in [0.25, 0.3) is 0 Å². The molecule has 2 aromatic carbocycles. The standard InChI is InChI=1S/C25H25Cl2N3O2/c26-22-12-20(32-15-16-4-2-1-3-5-16)13-23(27)21(22)11-17-8-9-30(25(17)31)19-6-7-24-18(10-19)14-28-29-24/h1-5,12-14,17,19H,6-11,15H2,(H,28,29)/t17-,19+/m0/s1. The minimum absolute atomic E-state index is 0.0909. The molecule has 5 rings (SSSR count). The summed E-state index contributed by atoms with van der Waals surface area (Å²) in [7, 11) is 0. The summed E-state index contributed by atoms with van der Waals surface area (Å²) in [5.74, 6) is 0.746. The molecule has 1 N–H and O–H groups in total. The Labute approximate surface area is 197 Å². The van der Waals surface area contributed by atoms with Crippen LogP contribution in [0.5, 0.6) is 5.75 Å². The molecule has 2 atom stereocenters. The molecule has 2 aliphatic rings. The molecule has 3 aromatic rings. The van der Waals surface area contributed by atoms with Crippen molar-refractivity contribution in [1.29, 1.82) is 0 Å². The number of hydrogen-bond donors (Lipinski definition) is 1. The zero-order valence-electron chi connectivity index (χ0n) is 17.7. The van der Waals surface area contributed by atoms with E-state index < -0.39 is 0 Å². The Morgan fingerprint density at radius 2 is 1.91 bits per heavy atom. The van der Waals surface area contributed by atoms with Crippen LogP contribution >= 0.6 is 23.2 Å². The van der Waals surface area contributed by atoms with Gasteiger partial charge >= 0.3 is 0 Å². The zero-order valence-corrected chi connectivity index (χ0v) is 19.2. The van der Waals surface area contributed by atoms with Crippen LogP contribution in [0, 0.1) is 5.92 Å². The third-order valence-corrected chi connectivity index (χ3v) is 7.26. The number of amides is 1. The molecular formula is C25H25Cl2N3O2. The lowest BCUT2D eigenvalue weighted by molar-refractivity contribution is -0.133. The number of nitrogens with one attached hydrogen (secondary N) is 1. The van der Waals surface area contributed by atoms with E-state index >= 15 is 0 Å². The second-order valence-corrected chi connectivity index (χ2v) is 9.43. The highest BCUT2D eigenvalue weighted by molar-refractivity contribution is 6.36. The summed E-state index contributed by atoms with van der Waals surface area (Å²) >= 11 is 13.1. The molecular weight excluding hydrogens is 445 g/mol. The number of halogens is 2. The van der Waals surface area contributed by atoms with Crippen molar-refractivity contribution in [3.63, 3.8) is 0 Å². The van der Waals surface area contributed by atoms with Crippen LogP contribution in [-0.4, -0.2) is 33.6 Å². The Morgan fingerprint density at radius 3 is 2.69 bits per heavy atom. The van der Waals surface area contributed by atoms with E-state index in [0.29, 0.717) is 28.8 Å². The molecule has 0 bridgehead atoms. The first-order valence-electron chi connectivity index (χ1n) is 11.0. The molecule has 0 spiro atoms. The van der Waals surface area contributed by atoms with Gasteiger partial charge in [-0.15, -0.1) is 0 Å². The molecule has 1 amide bonds. The van der Waals surface area contributed by atoms with Crippen molar-refractivity contribution in [2.75, 3.05) is 6.54 Å². The van der Waals surface area contributed by atoms with Crippen LogP contribution in [0.2, 0.25) is 10.0 Å². The fourth-order valence-corrected chi connectivity index (χ4v) is 5.44. The van der Waals surface area contributed by atoms with Crippen LogP contribution in [0.15, 0.2) is 48.7 Å². The molecule has 0 saturated carbocycles. The highest BCUT2D eigenvalue weighted by Gasteiger charge is 2.38. The van der Waals surface area contributed by atoms with Crippen LogP contribution in [0.1, 0.15) is 35.2 Å². The van der Waals surface area contributed by atoms with E-state index in [2.05, 4.69) is 15.1 Å². The maximum absolute atomic E-state index is 13.2. The number of aryl methyl sites for hydroxylation is 1. The molecule has 1 saturated heterocycles. The summed E-state index contributed by atoms with van der Waals surface area (Å²) in [5.41, 5.74) is 4.26. The van der Waals surface area contributed by atoms with E-state index in [1.807, 2.05) is 36.5 Å². The molecule has 0 unspecified atom stereocenters. The monoisotopic (exact) mass is 469 g/mol. The lowest BCUT2D eigenvalue weighted by Crippen LogP contribution is -2.41. The molecule has 0 radical (unpaired) electrons. The Hall–Kier alpha value is -2.50. The number of likely N-dealkylation sites (tertiary alicyclic amines) is 1. The van der Waals surface area contributed by atoms with E-state index in [9.17, 15) is 4.79 Å². The van der Waals surface area contributed by atoms with E-state index in [-0.39, 0.29) is 17.9 Å². The van der Waals surface area contributed by atoms with E-state index in [1.165, 1.54) is 5.56 Å². The van der Waals surface area contributed by atoms with Crippen molar-refractivity contribution in [3.05, 3.63) is 81.1 Å². The Kier molecular flexibility index (Phi) is 6.11. The summed E-state index contributed by atoms with van der Waals surface area (Å²) in [6.07, 6.45) is 6.09. The Balaban J connectivity index is 1.23. The van der Waals surface area contributed by atoms with Gasteiger partial charge in [0.05, 0.1) is 5.69 Å². The van der Waals surface area contributed by atoms with Gasteiger partial charge in [0, 0.05) is 34.7 Å². The van der Waals surface area contributed by atoms with Gasteiger partial charge < -0.3 is 9.64 Å². The zero-order chi connectivity index (χ0) is 22.1. The predicted molar refractivity (Wildman–Crippen MR) is 125 cm³/mol. The lowest BCUT2D eigenvalue weighted by atomic mass is 9.92. The van der Waals surface area contributed by atoms with E-state index in [1.54, 1.807) is 12.1 Å². The largest absolute Gasteiger partial charge is 0.489 e. The first kappa shape index (κ1) is 21.4. The second kappa shape index (κ2) is 9.16. The van der Waals surface area contributed by atoms with Crippen molar-refractivity contribution in [3.8, 4) is 5.75 Å². The number of benzene rings is 2. The van der Waals surface area contributed by atoms with Gasteiger partial charge in [0.1, 0.15) is 12.4 Å². The molecule has 1 fully saturated rings. The summed E-state index contributed by atoms with van der Waals surface area (Å²) in [6.45, 7) is 1.23. The molecule has 7 heteroatoms. The molecule has 166 valence electrons. The van der Waals surface area contributed by atoms with Gasteiger partial charge in [-0.2, -0.15) is 5.10 Å². The number of nitrogens with zero attached hydrogens (tertiary/aromatic N) is 2. The molecule has 2 heterocycles. The van der Waals surface area contributed by atoms with Crippen LogP contribution in [0.3, 0.4) is 0 Å². The average Bonchev–Trinajstić information content (AvgIpc) is 3.41. The van der Waals surface area contributed by atoms with E-state index in [4.69, 9.17) is 27.9 Å². The van der Waals surface area contributed by atoms with Gasteiger partial charge in [-0.1, -0.05) is 53.5 Å². The normalized spacial score (nSPS) is 20.4. The Bertz CT molecular complexity index is 1090. The maximum Gasteiger partial charge on any atom is 0.226 e. The van der Waals surface area contributed by atoms with Crippen LogP contribution in [0.25, 0.3) is 0 Å². The minimum atomic E-state index is -0.0909. The van der Waals surface area contributed by atoms with Crippen LogP contribution < -0.4 is 4.74 Å². The topological polar surface area (TPSA) is 58.2 Å². The van der Waals surface area contributed by atoms with Gasteiger partial charge in [0.2, 0.25) is 5.91 Å². The average molecular weight is 470 g/mol. The van der Waals surface area contributed by atoms with Gasteiger partial charge in [0.15, 0.2) is 0 Å². The number of fused-ring (bicyclic) bond motifs is 1. The molecule has 1 aliphatic heterocycles. The number of carbonyl (C=O) groups excluding carboxylic acids is 1. The van der Waals surface area contributed by atoms with Crippen molar-refractivity contribution in [2.45, 2.75) is 44.8 Å². The third kappa shape index (κ3) is 4.37. The first-order valence-corrected chi connectivity index (χ1v) is 11.8. The van der Waals surface area contributed by atoms with Crippen molar-refractivity contribution in [1.82, 2.24) is 15.1 Å². The molecule has 1 aliphatic carbocycles. The molecule has 5 nitrogen and oxygen atoms in total. The lowest BCUT2D eigenvalue weighted by Gasteiger charge is -2.31. The predicted octanol–water partition coefficient (Wildman–Crippen LogP) is 5.24. The number of aromatic nitrogens is 2. The van der Waals surface area contributed by atoms with Crippen molar-refractivity contribution >= 4 is 29.1 Å². The number of H-pyrrole nitrogens is 1. The summed E-state index contributed by atoms with van der Waals surface area (Å²) in [5, 5.41) is 8.34. The minimum Gasteiger partial charge on any atom is -0.489 e. The highest BCUT2D eigenvalue weighted by atomic mass is 35.5. The smallest absolute Gasteiger partial charge is 0.226 e. The second-order valence-electron chi connectivity index (χ2n) is 8.61. The van der Waals surface area contributed by atoms with Gasteiger partial charge in [-0.25, -0.2) is 0 Å². The molecule has 32 heavy (non-hydrogen) atoms. The number of aromatic amines is 1. The number of rotatable bonds is 6. The van der Waals surface area contributed by atoms with Gasteiger partial charge in [-0.05, 0) is 60.9 Å². The number of ether oxygens (including phenoxy) is 1. The van der Waals surface area contributed by atoms with Crippen molar-refractivity contribution < 1.29 is 9.53 Å². The van der Waals surface area contributed by atoms with Gasteiger partial charge in [-0.3, -0.25) is 9.89 Å². The third-order valence-electron chi connectivity index (χ3n) is 6.58. The fourth-order valence-electron chi connectivity index (χ4n) is 4.82. The van der Waals surface area contributed by atoms with E-state index in [0.717, 1.165) is 49.0 Å². The van der Waals surface area contributed by atoms with Crippen LogP contribution in [0.4, 0.5) is 0 Å². The van der Waals surface area contributed by atoms with Crippen molar-refractivity contribution in [2.24, 2.45) is 5.92 Å². The maximum atomic E-state index is 13.2.